The highest BCUT2D eigenvalue weighted by atomic mass is 127. The number of aryl methyl sites for hydroxylation is 1. The van der Waals surface area contributed by atoms with E-state index in [9.17, 15) is 14.4 Å². The number of nitrogens with one attached hydrogen (secondary N) is 1. The first-order valence-corrected chi connectivity index (χ1v) is 8.34. The third-order valence-corrected chi connectivity index (χ3v) is 4.24. The van der Waals surface area contributed by atoms with Crippen molar-refractivity contribution >= 4 is 34.3 Å². The smallest absolute Gasteiger partial charge is 0.251 e. The SMILES string of the molecule is COc1ccc(C(=O)NCC(=O)c2cn(C)cc(I)c2=O)cc1OC. The van der Waals surface area contributed by atoms with E-state index in [0.717, 1.165) is 0 Å². The van der Waals surface area contributed by atoms with Crippen LogP contribution in [-0.4, -0.2) is 37.0 Å². The van der Waals surface area contributed by atoms with Gasteiger partial charge in [-0.3, -0.25) is 14.4 Å². The fraction of sp³-hybridized carbons (Fsp3) is 0.235. The topological polar surface area (TPSA) is 86.6 Å². The molecule has 0 atom stereocenters. The molecule has 0 spiro atoms. The average Bonchev–Trinajstić information content (AvgIpc) is 2.61. The van der Waals surface area contributed by atoms with E-state index in [0.29, 0.717) is 20.6 Å². The molecule has 1 heterocycles. The molecule has 132 valence electrons. The van der Waals surface area contributed by atoms with E-state index in [1.807, 2.05) is 22.6 Å². The number of ether oxygens (including phenoxy) is 2. The third-order valence-electron chi connectivity index (χ3n) is 3.47. The molecule has 2 rings (SSSR count). The number of ketones is 1. The number of methoxy groups -OCH3 is 2. The van der Waals surface area contributed by atoms with Crippen molar-refractivity contribution in [3.05, 3.63) is 55.5 Å². The maximum atomic E-state index is 12.3. The summed E-state index contributed by atoms with van der Waals surface area (Å²) in [7, 11) is 4.69. The summed E-state index contributed by atoms with van der Waals surface area (Å²) in [6, 6.07) is 4.68. The number of carbonyl (C=O) groups is 2. The second-order valence-corrected chi connectivity index (χ2v) is 6.35. The molecule has 1 N–H and O–H groups in total. The summed E-state index contributed by atoms with van der Waals surface area (Å²) in [5.74, 6) is 0.00939. The zero-order valence-electron chi connectivity index (χ0n) is 14.0. The van der Waals surface area contributed by atoms with E-state index in [1.54, 1.807) is 29.9 Å². The standard InChI is InChI=1S/C17H17IN2O5/c1-20-8-11(16(22)12(18)9-20)13(21)7-19-17(23)10-4-5-14(24-2)15(6-10)25-3/h4-6,8-9H,7H2,1-3H3,(H,19,23). The van der Waals surface area contributed by atoms with Gasteiger partial charge in [0.15, 0.2) is 17.3 Å². The van der Waals surface area contributed by atoms with Crippen LogP contribution in [0.2, 0.25) is 0 Å². The number of hydrogen-bond donors (Lipinski definition) is 1. The molecule has 0 saturated heterocycles. The van der Waals surface area contributed by atoms with Gasteiger partial charge in [-0.2, -0.15) is 0 Å². The third kappa shape index (κ3) is 4.38. The number of rotatable bonds is 6. The van der Waals surface area contributed by atoms with Crippen molar-refractivity contribution in [1.82, 2.24) is 9.88 Å². The van der Waals surface area contributed by atoms with Gasteiger partial charge < -0.3 is 19.4 Å². The van der Waals surface area contributed by atoms with Gasteiger partial charge in [0.05, 0.1) is 29.9 Å². The van der Waals surface area contributed by atoms with Crippen molar-refractivity contribution in [2.75, 3.05) is 20.8 Å². The minimum Gasteiger partial charge on any atom is -0.493 e. The molecule has 1 amide bonds. The van der Waals surface area contributed by atoms with Crippen LogP contribution in [0.1, 0.15) is 20.7 Å². The molecule has 8 heteroatoms. The van der Waals surface area contributed by atoms with Crippen molar-refractivity contribution in [3.8, 4) is 11.5 Å². The Hall–Kier alpha value is -2.36. The van der Waals surface area contributed by atoms with E-state index in [-0.39, 0.29) is 17.5 Å². The van der Waals surface area contributed by atoms with Crippen LogP contribution < -0.4 is 20.2 Å². The summed E-state index contributed by atoms with van der Waals surface area (Å²) in [5, 5.41) is 2.52. The zero-order chi connectivity index (χ0) is 18.6. The molecule has 0 unspecified atom stereocenters. The van der Waals surface area contributed by atoms with Crippen LogP contribution in [-0.2, 0) is 7.05 Å². The Labute approximate surface area is 158 Å². The maximum Gasteiger partial charge on any atom is 0.251 e. The highest BCUT2D eigenvalue weighted by Gasteiger charge is 2.16. The fourth-order valence-electron chi connectivity index (χ4n) is 2.20. The summed E-state index contributed by atoms with van der Waals surface area (Å²) in [4.78, 5) is 36.5. The van der Waals surface area contributed by atoms with Gasteiger partial charge in [0, 0.05) is 25.0 Å². The molecule has 25 heavy (non-hydrogen) atoms. The second kappa shape index (κ2) is 8.15. The predicted molar refractivity (Wildman–Crippen MR) is 101 cm³/mol. The van der Waals surface area contributed by atoms with Gasteiger partial charge >= 0.3 is 0 Å². The molecule has 0 bridgehead atoms. The molecule has 1 aromatic heterocycles. The summed E-state index contributed by atoms with van der Waals surface area (Å²) in [6.45, 7) is -0.275. The van der Waals surface area contributed by atoms with E-state index in [1.165, 1.54) is 26.5 Å². The lowest BCUT2D eigenvalue weighted by atomic mass is 10.1. The number of carbonyl (C=O) groups excluding carboxylic acids is 2. The van der Waals surface area contributed by atoms with Gasteiger partial charge in [-0.1, -0.05) is 0 Å². The van der Waals surface area contributed by atoms with Crippen LogP contribution in [0.5, 0.6) is 11.5 Å². The molecule has 7 nitrogen and oxygen atoms in total. The Balaban J connectivity index is 2.12. The molecule has 1 aromatic carbocycles. The van der Waals surface area contributed by atoms with Crippen molar-refractivity contribution in [2.45, 2.75) is 0 Å². The lowest BCUT2D eigenvalue weighted by Gasteiger charge is -2.10. The van der Waals surface area contributed by atoms with E-state index in [2.05, 4.69) is 5.32 Å². The molecule has 0 fully saturated rings. The molecule has 2 aromatic rings. The number of amides is 1. The van der Waals surface area contributed by atoms with Gasteiger partial charge in [-0.05, 0) is 40.8 Å². The monoisotopic (exact) mass is 456 g/mol. The van der Waals surface area contributed by atoms with Crippen molar-refractivity contribution in [2.24, 2.45) is 7.05 Å². The summed E-state index contributed by atoms with van der Waals surface area (Å²) in [5.41, 5.74) is 0.0204. The maximum absolute atomic E-state index is 12.3. The van der Waals surface area contributed by atoms with Crippen molar-refractivity contribution in [3.63, 3.8) is 0 Å². The van der Waals surface area contributed by atoms with Gasteiger partial charge in [-0.25, -0.2) is 0 Å². The van der Waals surface area contributed by atoms with E-state index in [4.69, 9.17) is 9.47 Å². The Kier molecular flexibility index (Phi) is 6.18. The van der Waals surface area contributed by atoms with Gasteiger partial charge in [-0.15, -0.1) is 0 Å². The van der Waals surface area contributed by atoms with Crippen LogP contribution in [0.4, 0.5) is 0 Å². The number of benzene rings is 1. The normalized spacial score (nSPS) is 10.2. The molecule has 0 radical (unpaired) electrons. The van der Waals surface area contributed by atoms with Gasteiger partial charge in [0.1, 0.15) is 0 Å². The zero-order valence-corrected chi connectivity index (χ0v) is 16.1. The average molecular weight is 456 g/mol. The molecule has 0 aliphatic carbocycles. The van der Waals surface area contributed by atoms with E-state index < -0.39 is 11.7 Å². The second-order valence-electron chi connectivity index (χ2n) is 5.19. The summed E-state index contributed by atoms with van der Waals surface area (Å²) >= 11 is 1.88. The van der Waals surface area contributed by atoms with Gasteiger partial charge in [0.2, 0.25) is 5.43 Å². The first-order chi connectivity index (χ1) is 11.9. The number of pyridine rings is 1. The van der Waals surface area contributed by atoms with Crippen LogP contribution in [0.3, 0.4) is 0 Å². The van der Waals surface area contributed by atoms with E-state index >= 15 is 0 Å². The highest BCUT2D eigenvalue weighted by Crippen LogP contribution is 2.27. The quantitative estimate of drug-likeness (QED) is 0.528. The highest BCUT2D eigenvalue weighted by molar-refractivity contribution is 14.1. The summed E-state index contributed by atoms with van der Waals surface area (Å²) in [6.07, 6.45) is 3.08. The summed E-state index contributed by atoms with van der Waals surface area (Å²) < 4.78 is 12.3. The number of aromatic nitrogens is 1. The number of halogens is 1. The number of Topliss-reactive ketones (excluding diaryl/α,β-unsaturated/α-hetero) is 1. The Morgan fingerprint density at radius 3 is 2.48 bits per heavy atom. The lowest BCUT2D eigenvalue weighted by Crippen LogP contribution is -2.32. The van der Waals surface area contributed by atoms with Crippen LogP contribution in [0.25, 0.3) is 0 Å². The Morgan fingerprint density at radius 1 is 1.16 bits per heavy atom. The van der Waals surface area contributed by atoms with Crippen molar-refractivity contribution < 1.29 is 19.1 Å². The first kappa shape index (κ1) is 19.0. The number of nitrogens with zero attached hydrogens (tertiary/aromatic N) is 1. The minimum absolute atomic E-state index is 0.0435. The Morgan fingerprint density at radius 2 is 1.84 bits per heavy atom. The first-order valence-electron chi connectivity index (χ1n) is 7.26. The van der Waals surface area contributed by atoms with Crippen LogP contribution >= 0.6 is 22.6 Å². The predicted octanol–water partition coefficient (Wildman–Crippen LogP) is 1.62. The lowest BCUT2D eigenvalue weighted by molar-refractivity contribution is 0.0903. The molecular weight excluding hydrogens is 439 g/mol. The molecular formula is C17H17IN2O5. The fourth-order valence-corrected chi connectivity index (χ4v) is 2.93. The van der Waals surface area contributed by atoms with Crippen molar-refractivity contribution in [1.29, 1.82) is 0 Å². The van der Waals surface area contributed by atoms with Crippen LogP contribution in [0.15, 0.2) is 35.4 Å². The largest absolute Gasteiger partial charge is 0.493 e. The number of hydrogen-bond acceptors (Lipinski definition) is 5. The van der Waals surface area contributed by atoms with Crippen LogP contribution in [0, 0.1) is 3.57 Å². The molecule has 0 saturated carbocycles. The Bertz CT molecular complexity index is 876. The minimum atomic E-state index is -0.451. The molecule has 0 aliphatic heterocycles. The van der Waals surface area contributed by atoms with Gasteiger partial charge in [0.25, 0.3) is 5.91 Å². The molecule has 0 aliphatic rings.